The summed E-state index contributed by atoms with van der Waals surface area (Å²) in [5.74, 6) is 0.145. The van der Waals surface area contributed by atoms with Gasteiger partial charge in [-0.05, 0) is 89.0 Å². The Hall–Kier alpha value is -3.12. The van der Waals surface area contributed by atoms with Crippen LogP contribution in [0.15, 0.2) is 83.8 Å². The smallest absolute Gasteiger partial charge is 0.264 e. The molecule has 3 aromatic rings. The van der Waals surface area contributed by atoms with Gasteiger partial charge >= 0.3 is 0 Å². The molecule has 0 aliphatic rings. The highest BCUT2D eigenvalue weighted by Crippen LogP contribution is 2.26. The summed E-state index contributed by atoms with van der Waals surface area (Å²) in [5.41, 5.74) is 1.15. The molecule has 8 nitrogen and oxygen atoms in total. The first-order valence-electron chi connectivity index (χ1n) is 13.1. The van der Waals surface area contributed by atoms with Crippen LogP contribution in [-0.2, 0) is 26.2 Å². The lowest BCUT2D eigenvalue weighted by Gasteiger charge is -2.33. The molecule has 0 saturated carbocycles. The number of methoxy groups -OCH3 is 1. The first-order chi connectivity index (χ1) is 19.1. The molecule has 10 heteroatoms. The summed E-state index contributed by atoms with van der Waals surface area (Å²) in [6, 6.07) is 21.4. The quantitative estimate of drug-likeness (QED) is 0.255. The van der Waals surface area contributed by atoms with E-state index in [-0.39, 0.29) is 23.3 Å². The summed E-state index contributed by atoms with van der Waals surface area (Å²) < 4.78 is 34.9. The first-order valence-corrected chi connectivity index (χ1v) is 15.6. The molecular weight excluding hydrogens is 641 g/mol. The average molecular weight is 678 g/mol. The monoisotopic (exact) mass is 677 g/mol. The van der Waals surface area contributed by atoms with Crippen LogP contribution in [0.3, 0.4) is 0 Å². The lowest BCUT2D eigenvalue weighted by Crippen LogP contribution is -2.52. The van der Waals surface area contributed by atoms with Crippen molar-refractivity contribution in [2.24, 2.45) is 5.92 Å². The number of ether oxygens (including phenoxy) is 1. The van der Waals surface area contributed by atoms with E-state index >= 15 is 0 Å². The van der Waals surface area contributed by atoms with Gasteiger partial charge in [-0.1, -0.05) is 51.1 Å². The standard InChI is InChI=1S/C30H36IN3O5S/c1-5-28(30(36)32-19-22(2)3)33(20-23-11-17-26(39-4)18-12-23)29(35)21-34(25-15-13-24(31)14-16-25)40(37,38)27-9-7-6-8-10-27/h6-18,22,28H,5,19-21H2,1-4H3,(H,32,36). The van der Waals surface area contributed by atoms with Crippen molar-refractivity contribution < 1.29 is 22.7 Å². The summed E-state index contributed by atoms with van der Waals surface area (Å²) in [6.45, 7) is 5.95. The van der Waals surface area contributed by atoms with Gasteiger partial charge in [-0.3, -0.25) is 13.9 Å². The molecule has 1 N–H and O–H groups in total. The van der Waals surface area contributed by atoms with Crippen molar-refractivity contribution in [3.8, 4) is 5.75 Å². The van der Waals surface area contributed by atoms with Gasteiger partial charge in [0, 0.05) is 16.7 Å². The Bertz CT molecular complexity index is 1360. The zero-order chi connectivity index (χ0) is 29.3. The minimum atomic E-state index is -4.09. The number of carbonyl (C=O) groups excluding carboxylic acids is 2. The van der Waals surface area contributed by atoms with E-state index < -0.39 is 28.5 Å². The van der Waals surface area contributed by atoms with E-state index in [9.17, 15) is 18.0 Å². The van der Waals surface area contributed by atoms with Crippen molar-refractivity contribution in [3.63, 3.8) is 0 Å². The zero-order valence-electron chi connectivity index (χ0n) is 23.2. The third-order valence-corrected chi connectivity index (χ3v) is 8.81. The number of halogens is 1. The van der Waals surface area contributed by atoms with Crippen LogP contribution in [0.25, 0.3) is 0 Å². The fraction of sp³-hybridized carbons (Fsp3) is 0.333. The van der Waals surface area contributed by atoms with Gasteiger partial charge in [0.05, 0.1) is 17.7 Å². The average Bonchev–Trinajstić information content (AvgIpc) is 2.95. The molecule has 40 heavy (non-hydrogen) atoms. The molecule has 1 unspecified atom stereocenters. The van der Waals surface area contributed by atoms with E-state index in [0.717, 1.165) is 13.4 Å². The SMILES string of the molecule is CCC(C(=O)NCC(C)C)N(Cc1ccc(OC)cc1)C(=O)CN(c1ccc(I)cc1)S(=O)(=O)c1ccccc1. The highest BCUT2D eigenvalue weighted by molar-refractivity contribution is 14.1. The second kappa shape index (κ2) is 14.5. The molecule has 0 aliphatic heterocycles. The molecule has 0 aliphatic carbocycles. The molecule has 0 heterocycles. The maximum absolute atomic E-state index is 14.1. The number of carbonyl (C=O) groups is 2. The van der Waals surface area contributed by atoms with E-state index in [0.29, 0.717) is 24.4 Å². The number of hydrogen-bond donors (Lipinski definition) is 1. The largest absolute Gasteiger partial charge is 0.497 e. The third kappa shape index (κ3) is 8.20. The van der Waals surface area contributed by atoms with Crippen LogP contribution in [0.1, 0.15) is 32.8 Å². The van der Waals surface area contributed by atoms with Gasteiger partial charge in [0.15, 0.2) is 0 Å². The Morgan fingerprint density at radius 3 is 2.12 bits per heavy atom. The molecule has 0 aromatic heterocycles. The number of anilines is 1. The fourth-order valence-electron chi connectivity index (χ4n) is 4.13. The molecule has 3 rings (SSSR count). The predicted octanol–water partition coefficient (Wildman–Crippen LogP) is 5.07. The van der Waals surface area contributed by atoms with Crippen molar-refractivity contribution in [1.29, 1.82) is 0 Å². The van der Waals surface area contributed by atoms with Crippen LogP contribution in [0.4, 0.5) is 5.69 Å². The van der Waals surface area contributed by atoms with E-state index in [1.54, 1.807) is 61.7 Å². The molecule has 0 spiro atoms. The number of amides is 2. The Kier molecular flexibility index (Phi) is 11.4. The maximum atomic E-state index is 14.1. The fourth-order valence-corrected chi connectivity index (χ4v) is 5.92. The lowest BCUT2D eigenvalue weighted by molar-refractivity contribution is -0.140. The number of rotatable bonds is 13. The summed E-state index contributed by atoms with van der Waals surface area (Å²) >= 11 is 2.14. The van der Waals surface area contributed by atoms with Crippen molar-refractivity contribution in [2.75, 3.05) is 24.5 Å². The van der Waals surface area contributed by atoms with Gasteiger partial charge in [-0.25, -0.2) is 8.42 Å². The maximum Gasteiger partial charge on any atom is 0.264 e. The molecular formula is C30H36IN3O5S. The zero-order valence-corrected chi connectivity index (χ0v) is 26.2. The van der Waals surface area contributed by atoms with Crippen LogP contribution in [0.5, 0.6) is 5.75 Å². The molecule has 0 fully saturated rings. The van der Waals surface area contributed by atoms with Gasteiger partial charge in [-0.15, -0.1) is 0 Å². The van der Waals surface area contributed by atoms with Gasteiger partial charge in [0.25, 0.3) is 10.0 Å². The van der Waals surface area contributed by atoms with E-state index in [1.807, 2.05) is 32.9 Å². The normalized spacial score (nSPS) is 12.1. The van der Waals surface area contributed by atoms with E-state index in [1.165, 1.54) is 17.0 Å². The topological polar surface area (TPSA) is 96.0 Å². The minimum Gasteiger partial charge on any atom is -0.497 e. The van der Waals surface area contributed by atoms with Crippen LogP contribution in [0, 0.1) is 9.49 Å². The number of benzene rings is 3. The second-order valence-corrected chi connectivity index (χ2v) is 12.8. The molecule has 0 bridgehead atoms. The Balaban J connectivity index is 2.02. The van der Waals surface area contributed by atoms with Crippen LogP contribution in [0.2, 0.25) is 0 Å². The predicted molar refractivity (Wildman–Crippen MR) is 166 cm³/mol. The number of nitrogens with zero attached hydrogens (tertiary/aromatic N) is 2. The number of nitrogens with one attached hydrogen (secondary N) is 1. The van der Waals surface area contributed by atoms with Gasteiger partial charge in [0.2, 0.25) is 11.8 Å². The molecule has 1 atom stereocenters. The minimum absolute atomic E-state index is 0.0739. The van der Waals surface area contributed by atoms with Crippen molar-refractivity contribution in [1.82, 2.24) is 10.2 Å². The van der Waals surface area contributed by atoms with Gasteiger partial charge in [0.1, 0.15) is 18.3 Å². The van der Waals surface area contributed by atoms with Crippen LogP contribution < -0.4 is 14.4 Å². The Labute approximate surface area is 250 Å². The number of sulfonamides is 1. The van der Waals surface area contributed by atoms with E-state index in [4.69, 9.17) is 4.74 Å². The molecule has 0 saturated heterocycles. The Morgan fingerprint density at radius 1 is 0.950 bits per heavy atom. The second-order valence-electron chi connectivity index (χ2n) is 9.73. The highest BCUT2D eigenvalue weighted by atomic mass is 127. The molecule has 0 radical (unpaired) electrons. The third-order valence-electron chi connectivity index (χ3n) is 6.31. The van der Waals surface area contributed by atoms with Crippen molar-refractivity contribution in [2.45, 2.75) is 44.7 Å². The molecule has 214 valence electrons. The number of hydrogen-bond acceptors (Lipinski definition) is 5. The highest BCUT2D eigenvalue weighted by Gasteiger charge is 2.33. The molecule has 3 aromatic carbocycles. The van der Waals surface area contributed by atoms with Crippen molar-refractivity contribution in [3.05, 3.63) is 88.0 Å². The van der Waals surface area contributed by atoms with Crippen LogP contribution >= 0.6 is 22.6 Å². The summed E-state index contributed by atoms with van der Waals surface area (Å²) in [6.07, 6.45) is 0.362. The molecule has 2 amide bonds. The lowest BCUT2D eigenvalue weighted by atomic mass is 10.1. The summed E-state index contributed by atoms with van der Waals surface area (Å²) in [7, 11) is -2.51. The van der Waals surface area contributed by atoms with E-state index in [2.05, 4.69) is 27.9 Å². The first kappa shape index (κ1) is 31.4. The summed E-state index contributed by atoms with van der Waals surface area (Å²) in [5, 5.41) is 2.93. The van der Waals surface area contributed by atoms with Crippen LogP contribution in [-0.4, -0.2) is 51.4 Å². The van der Waals surface area contributed by atoms with Crippen molar-refractivity contribution >= 4 is 50.1 Å². The summed E-state index contributed by atoms with van der Waals surface area (Å²) in [4.78, 5) is 28.9. The van der Waals surface area contributed by atoms with Gasteiger partial charge in [-0.2, -0.15) is 0 Å². The Morgan fingerprint density at radius 2 is 1.57 bits per heavy atom. The van der Waals surface area contributed by atoms with Gasteiger partial charge < -0.3 is 15.0 Å².